The molecule has 10 heavy (non-hydrogen) atoms. The average Bonchev–Trinajstić information content (AvgIpc) is 1.59. The van der Waals surface area contributed by atoms with Gasteiger partial charge in [0.05, 0.1) is 6.10 Å². The maximum absolute atomic E-state index is 9.22. The first-order valence-corrected chi connectivity index (χ1v) is 3.74. The fourth-order valence-electron chi connectivity index (χ4n) is 0.958. The van der Waals surface area contributed by atoms with Crippen molar-refractivity contribution in [2.45, 2.75) is 39.7 Å². The minimum absolute atomic E-state index is 0.0806. The predicted molar refractivity (Wildman–Crippen MR) is 41.8 cm³/mol. The summed E-state index contributed by atoms with van der Waals surface area (Å²) < 4.78 is 0. The molecule has 0 saturated heterocycles. The molecule has 0 fully saturated rings. The van der Waals surface area contributed by atoms with E-state index in [1.165, 1.54) is 0 Å². The molecular formula is C8H18O2. The third-order valence-corrected chi connectivity index (χ3v) is 1.31. The molecule has 0 spiro atoms. The molecule has 0 aromatic heterocycles. The second kappa shape index (κ2) is 3.94. The van der Waals surface area contributed by atoms with Crippen LogP contribution in [0.5, 0.6) is 0 Å². The van der Waals surface area contributed by atoms with E-state index in [4.69, 9.17) is 5.11 Å². The van der Waals surface area contributed by atoms with E-state index in [9.17, 15) is 5.11 Å². The highest BCUT2D eigenvalue weighted by atomic mass is 16.3. The van der Waals surface area contributed by atoms with E-state index in [0.29, 0.717) is 6.42 Å². The van der Waals surface area contributed by atoms with Crippen LogP contribution < -0.4 is 0 Å². The Kier molecular flexibility index (Phi) is 3.91. The van der Waals surface area contributed by atoms with E-state index in [0.717, 1.165) is 6.42 Å². The van der Waals surface area contributed by atoms with Gasteiger partial charge >= 0.3 is 0 Å². The highest BCUT2D eigenvalue weighted by molar-refractivity contribution is 4.67. The second-order valence-electron chi connectivity index (χ2n) is 3.93. The van der Waals surface area contributed by atoms with Crippen molar-refractivity contribution in [2.75, 3.05) is 6.61 Å². The van der Waals surface area contributed by atoms with Crippen LogP contribution >= 0.6 is 0 Å². The summed E-state index contributed by atoms with van der Waals surface area (Å²) in [5.41, 5.74) is 0.161. The second-order valence-corrected chi connectivity index (χ2v) is 3.93. The van der Waals surface area contributed by atoms with Gasteiger partial charge < -0.3 is 10.2 Å². The van der Waals surface area contributed by atoms with Gasteiger partial charge in [-0.15, -0.1) is 0 Å². The van der Waals surface area contributed by atoms with E-state index in [-0.39, 0.29) is 18.1 Å². The van der Waals surface area contributed by atoms with E-state index in [2.05, 4.69) is 20.8 Å². The zero-order chi connectivity index (χ0) is 8.20. The smallest absolute Gasteiger partial charge is 0.0567 e. The molecule has 2 nitrogen and oxygen atoms in total. The summed E-state index contributed by atoms with van der Waals surface area (Å²) in [7, 11) is 0. The lowest BCUT2D eigenvalue weighted by molar-refractivity contribution is 0.0925. The zero-order valence-corrected chi connectivity index (χ0v) is 7.09. The summed E-state index contributed by atoms with van der Waals surface area (Å²) in [5, 5.41) is 17.7. The van der Waals surface area contributed by atoms with Gasteiger partial charge in [0, 0.05) is 6.61 Å². The molecule has 1 unspecified atom stereocenters. The van der Waals surface area contributed by atoms with E-state index in [1.807, 2.05) is 0 Å². The molecule has 1 atom stereocenters. The van der Waals surface area contributed by atoms with Gasteiger partial charge in [-0.2, -0.15) is 0 Å². The first kappa shape index (κ1) is 9.92. The van der Waals surface area contributed by atoms with Crippen LogP contribution in [0.2, 0.25) is 0 Å². The molecule has 0 saturated carbocycles. The molecule has 2 heteroatoms. The molecule has 0 rings (SSSR count). The molecule has 0 aromatic carbocycles. The molecule has 0 amide bonds. The van der Waals surface area contributed by atoms with Gasteiger partial charge in [-0.05, 0) is 18.3 Å². The van der Waals surface area contributed by atoms with Crippen molar-refractivity contribution in [1.29, 1.82) is 0 Å². The lowest BCUT2D eigenvalue weighted by atomic mass is 9.88. The summed E-state index contributed by atoms with van der Waals surface area (Å²) in [6.45, 7) is 6.31. The zero-order valence-electron chi connectivity index (χ0n) is 7.09. The van der Waals surface area contributed by atoms with Gasteiger partial charge in [-0.1, -0.05) is 20.8 Å². The molecule has 0 heterocycles. The Bertz CT molecular complexity index is 83.7. The first-order chi connectivity index (χ1) is 4.45. The fraction of sp³-hybridized carbons (Fsp3) is 1.00. The van der Waals surface area contributed by atoms with Gasteiger partial charge in [0.1, 0.15) is 0 Å². The van der Waals surface area contributed by atoms with Crippen molar-refractivity contribution in [3.05, 3.63) is 0 Å². The fourth-order valence-corrected chi connectivity index (χ4v) is 0.958. The van der Waals surface area contributed by atoms with Crippen LogP contribution in [0.25, 0.3) is 0 Å². The summed E-state index contributed by atoms with van der Waals surface area (Å²) in [4.78, 5) is 0. The Labute approximate surface area is 62.9 Å². The van der Waals surface area contributed by atoms with Crippen LogP contribution in [0.4, 0.5) is 0 Å². The number of hydrogen-bond donors (Lipinski definition) is 2. The third-order valence-electron chi connectivity index (χ3n) is 1.31. The number of aliphatic hydroxyl groups excluding tert-OH is 2. The number of rotatable bonds is 3. The Morgan fingerprint density at radius 3 is 2.10 bits per heavy atom. The minimum Gasteiger partial charge on any atom is -0.396 e. The molecule has 0 aliphatic heterocycles. The number of hydrogen-bond acceptors (Lipinski definition) is 2. The largest absolute Gasteiger partial charge is 0.396 e. The maximum Gasteiger partial charge on any atom is 0.0567 e. The highest BCUT2D eigenvalue weighted by Crippen LogP contribution is 2.21. The van der Waals surface area contributed by atoms with Crippen molar-refractivity contribution in [3.63, 3.8) is 0 Å². The molecule has 0 bridgehead atoms. The monoisotopic (exact) mass is 146 g/mol. The normalized spacial score (nSPS) is 15.3. The van der Waals surface area contributed by atoms with Gasteiger partial charge in [0.25, 0.3) is 0 Å². The summed E-state index contributed by atoms with van der Waals surface area (Å²) in [5.74, 6) is 0. The molecule has 62 valence electrons. The van der Waals surface area contributed by atoms with Crippen LogP contribution in [0.1, 0.15) is 33.6 Å². The molecule has 0 aliphatic rings. The van der Waals surface area contributed by atoms with Crippen LogP contribution in [-0.2, 0) is 0 Å². The summed E-state index contributed by atoms with van der Waals surface area (Å²) in [6, 6.07) is 0. The Morgan fingerprint density at radius 2 is 1.80 bits per heavy atom. The Morgan fingerprint density at radius 1 is 1.30 bits per heavy atom. The first-order valence-electron chi connectivity index (χ1n) is 3.74. The van der Waals surface area contributed by atoms with Crippen molar-refractivity contribution < 1.29 is 10.2 Å². The van der Waals surface area contributed by atoms with E-state index < -0.39 is 0 Å². The van der Waals surface area contributed by atoms with Crippen molar-refractivity contribution >= 4 is 0 Å². The van der Waals surface area contributed by atoms with Gasteiger partial charge in [-0.3, -0.25) is 0 Å². The molecule has 0 aromatic rings. The minimum atomic E-state index is -0.343. The van der Waals surface area contributed by atoms with Crippen LogP contribution in [0.15, 0.2) is 0 Å². The van der Waals surface area contributed by atoms with E-state index >= 15 is 0 Å². The van der Waals surface area contributed by atoms with Crippen LogP contribution in [0.3, 0.4) is 0 Å². The van der Waals surface area contributed by atoms with Crippen LogP contribution in [0, 0.1) is 5.41 Å². The van der Waals surface area contributed by atoms with E-state index in [1.54, 1.807) is 0 Å². The average molecular weight is 146 g/mol. The topological polar surface area (TPSA) is 40.5 Å². The highest BCUT2D eigenvalue weighted by Gasteiger charge is 2.15. The van der Waals surface area contributed by atoms with Crippen LogP contribution in [-0.4, -0.2) is 22.9 Å². The molecular weight excluding hydrogens is 128 g/mol. The lowest BCUT2D eigenvalue weighted by Crippen LogP contribution is -2.18. The van der Waals surface area contributed by atoms with Crippen molar-refractivity contribution in [1.82, 2.24) is 0 Å². The Hall–Kier alpha value is -0.0800. The Balaban J connectivity index is 3.47. The van der Waals surface area contributed by atoms with Crippen molar-refractivity contribution in [2.24, 2.45) is 5.41 Å². The van der Waals surface area contributed by atoms with Gasteiger partial charge in [0.2, 0.25) is 0 Å². The standard InChI is InChI=1S/C8H18O2/c1-8(2,3)6-7(10)4-5-9/h7,9-10H,4-6H2,1-3H3. The SMILES string of the molecule is CC(C)(C)CC(O)CCO. The van der Waals surface area contributed by atoms with Crippen molar-refractivity contribution in [3.8, 4) is 0 Å². The lowest BCUT2D eigenvalue weighted by Gasteiger charge is -2.21. The molecule has 2 N–H and O–H groups in total. The summed E-state index contributed by atoms with van der Waals surface area (Å²) >= 11 is 0. The summed E-state index contributed by atoms with van der Waals surface area (Å²) in [6.07, 6.45) is 0.912. The van der Waals surface area contributed by atoms with Gasteiger partial charge in [0.15, 0.2) is 0 Å². The molecule has 0 radical (unpaired) electrons. The quantitative estimate of drug-likeness (QED) is 0.627. The predicted octanol–water partition coefficient (Wildman–Crippen LogP) is 1.17. The maximum atomic E-state index is 9.22. The molecule has 0 aliphatic carbocycles. The number of aliphatic hydroxyl groups is 2. The third kappa shape index (κ3) is 6.05. The van der Waals surface area contributed by atoms with Gasteiger partial charge in [-0.25, -0.2) is 0 Å².